The zero-order valence-corrected chi connectivity index (χ0v) is 20.7. The van der Waals surface area contributed by atoms with Crippen molar-refractivity contribution >= 4 is 45.9 Å². The topological polar surface area (TPSA) is 128 Å². The summed E-state index contributed by atoms with van der Waals surface area (Å²) >= 11 is 2.13. The maximum atomic E-state index is 11.7. The van der Waals surface area contributed by atoms with Gasteiger partial charge in [-0.15, -0.1) is 0 Å². The molecule has 2 aromatic carbocycles. The van der Waals surface area contributed by atoms with Crippen LogP contribution in [0.5, 0.6) is 0 Å². The normalized spacial score (nSPS) is 10.9. The fourth-order valence-electron chi connectivity index (χ4n) is 2.17. The molecule has 0 aliphatic heterocycles. The number of rotatable bonds is 2. The molecule has 0 saturated carbocycles. The first-order valence-corrected chi connectivity index (χ1v) is 10.5. The molecule has 0 amide bonds. The fourth-order valence-corrected chi connectivity index (χ4v) is 2.67. The molecule has 2 aromatic rings. The number of benzene rings is 2. The van der Waals surface area contributed by atoms with Gasteiger partial charge in [-0.2, -0.15) is 5.26 Å². The monoisotopic (exact) mass is 537 g/mol. The van der Waals surface area contributed by atoms with Crippen LogP contribution in [0.4, 0.5) is 11.4 Å². The minimum atomic E-state index is -0.577. The summed E-state index contributed by atoms with van der Waals surface area (Å²) in [4.78, 5) is 23.5. The Hall–Kier alpha value is -2.80. The van der Waals surface area contributed by atoms with E-state index < -0.39 is 17.2 Å². The van der Waals surface area contributed by atoms with Gasteiger partial charge >= 0.3 is 11.9 Å². The van der Waals surface area contributed by atoms with Crippen LogP contribution in [0, 0.1) is 14.9 Å². The lowest BCUT2D eigenvalue weighted by atomic mass is 10.1. The molecule has 0 atom stereocenters. The van der Waals surface area contributed by atoms with Crippen molar-refractivity contribution in [1.29, 1.82) is 5.26 Å². The number of nitrogen functional groups attached to an aromatic ring is 2. The second kappa shape index (κ2) is 10.5. The van der Waals surface area contributed by atoms with Gasteiger partial charge in [-0.3, -0.25) is 0 Å². The largest absolute Gasteiger partial charge is 0.456 e. The van der Waals surface area contributed by atoms with Crippen LogP contribution in [0.2, 0.25) is 0 Å². The van der Waals surface area contributed by atoms with Gasteiger partial charge in [0.25, 0.3) is 0 Å². The number of nitrogens with zero attached hydrogens (tertiary/aromatic N) is 1. The molecule has 0 radical (unpaired) electrons. The summed E-state index contributed by atoms with van der Waals surface area (Å²) in [5.74, 6) is -0.888. The van der Waals surface area contributed by atoms with Gasteiger partial charge in [0.05, 0.1) is 22.8 Å². The van der Waals surface area contributed by atoms with E-state index in [0.717, 1.165) is 3.57 Å². The molecule has 4 N–H and O–H groups in total. The molecular weight excluding hydrogens is 509 g/mol. The Morgan fingerprint density at radius 2 is 1.26 bits per heavy atom. The van der Waals surface area contributed by atoms with E-state index in [2.05, 4.69) is 22.6 Å². The number of esters is 2. The lowest BCUT2D eigenvalue weighted by molar-refractivity contribution is 0.00580. The zero-order valence-electron chi connectivity index (χ0n) is 18.6. The Labute approximate surface area is 196 Å². The van der Waals surface area contributed by atoms with Crippen molar-refractivity contribution in [2.75, 3.05) is 11.5 Å². The smallest absolute Gasteiger partial charge is 0.340 e. The van der Waals surface area contributed by atoms with E-state index in [0.29, 0.717) is 22.5 Å². The number of nitriles is 1. The molecule has 2 rings (SSSR count). The number of halogens is 1. The van der Waals surface area contributed by atoms with E-state index in [9.17, 15) is 9.59 Å². The first-order chi connectivity index (χ1) is 14.1. The molecule has 0 aliphatic carbocycles. The quantitative estimate of drug-likeness (QED) is 0.316. The predicted molar refractivity (Wildman–Crippen MR) is 129 cm³/mol. The fraction of sp³-hybridized carbons (Fsp3) is 0.348. The lowest BCUT2D eigenvalue weighted by Gasteiger charge is -2.20. The van der Waals surface area contributed by atoms with Gasteiger partial charge in [-0.05, 0) is 101 Å². The van der Waals surface area contributed by atoms with Crippen LogP contribution in [0.25, 0.3) is 0 Å². The van der Waals surface area contributed by atoms with E-state index in [1.807, 2.05) is 32.9 Å². The lowest BCUT2D eigenvalue weighted by Crippen LogP contribution is -2.24. The molecule has 0 bridgehead atoms. The number of anilines is 2. The second-order valence-electron chi connectivity index (χ2n) is 8.65. The summed E-state index contributed by atoms with van der Waals surface area (Å²) < 4.78 is 11.4. The van der Waals surface area contributed by atoms with Crippen LogP contribution in [-0.4, -0.2) is 23.1 Å². The second-order valence-corrected chi connectivity index (χ2v) is 9.89. The zero-order chi connectivity index (χ0) is 24.0. The Morgan fingerprint density at radius 1 is 0.839 bits per heavy atom. The molecule has 0 aliphatic rings. The summed E-state index contributed by atoms with van der Waals surface area (Å²) in [6.07, 6.45) is 0. The van der Waals surface area contributed by atoms with Crippen molar-refractivity contribution in [2.24, 2.45) is 0 Å². The van der Waals surface area contributed by atoms with Gasteiger partial charge in [0, 0.05) is 14.9 Å². The highest BCUT2D eigenvalue weighted by Crippen LogP contribution is 2.20. The summed E-state index contributed by atoms with van der Waals surface area (Å²) in [6, 6.07) is 11.8. The van der Waals surface area contributed by atoms with E-state index in [1.165, 1.54) is 12.1 Å². The highest BCUT2D eigenvalue weighted by atomic mass is 127. The van der Waals surface area contributed by atoms with Crippen LogP contribution >= 0.6 is 22.6 Å². The number of carbonyl (C=O) groups excluding carboxylic acids is 2. The average Bonchev–Trinajstić information content (AvgIpc) is 2.61. The van der Waals surface area contributed by atoms with Crippen LogP contribution in [0.3, 0.4) is 0 Å². The summed E-state index contributed by atoms with van der Waals surface area (Å²) in [5, 5.41) is 8.72. The number of hydrogen-bond acceptors (Lipinski definition) is 7. The van der Waals surface area contributed by atoms with E-state index >= 15 is 0 Å². The Bertz CT molecular complexity index is 999. The number of nitrogens with two attached hydrogens (primary N) is 2. The third kappa shape index (κ3) is 9.26. The Kier molecular flexibility index (Phi) is 8.87. The molecule has 0 fully saturated rings. The van der Waals surface area contributed by atoms with E-state index in [1.54, 1.807) is 39.0 Å². The molecular formula is C23H28IN3O4. The maximum absolute atomic E-state index is 11.7. The molecule has 0 saturated heterocycles. The average molecular weight is 537 g/mol. The first-order valence-electron chi connectivity index (χ1n) is 9.44. The van der Waals surface area contributed by atoms with Gasteiger partial charge in [0.2, 0.25) is 0 Å². The molecule has 0 heterocycles. The first kappa shape index (κ1) is 26.2. The van der Waals surface area contributed by atoms with Gasteiger partial charge in [0.15, 0.2) is 0 Å². The minimum absolute atomic E-state index is 0.231. The minimum Gasteiger partial charge on any atom is -0.456 e. The number of ether oxygens (including phenoxy) is 2. The summed E-state index contributed by atoms with van der Waals surface area (Å²) in [5.41, 5.74) is 12.1. The van der Waals surface area contributed by atoms with E-state index in [4.69, 9.17) is 26.2 Å². The van der Waals surface area contributed by atoms with Gasteiger partial charge < -0.3 is 20.9 Å². The van der Waals surface area contributed by atoms with Crippen LogP contribution in [0.1, 0.15) is 67.8 Å². The number of carbonyl (C=O) groups is 2. The molecule has 7 nitrogen and oxygen atoms in total. The Morgan fingerprint density at radius 3 is 1.68 bits per heavy atom. The van der Waals surface area contributed by atoms with Crippen molar-refractivity contribution in [3.05, 3.63) is 56.7 Å². The van der Waals surface area contributed by atoms with Crippen molar-refractivity contribution in [2.45, 2.75) is 52.7 Å². The van der Waals surface area contributed by atoms with Gasteiger partial charge in [-0.1, -0.05) is 0 Å². The maximum Gasteiger partial charge on any atom is 0.340 e. The Balaban J connectivity index is 0.000000311. The third-order valence-corrected chi connectivity index (χ3v) is 4.11. The molecule has 0 spiro atoms. The van der Waals surface area contributed by atoms with Crippen molar-refractivity contribution in [1.82, 2.24) is 0 Å². The van der Waals surface area contributed by atoms with Crippen molar-refractivity contribution < 1.29 is 19.1 Å². The molecule has 0 aromatic heterocycles. The molecule has 8 heteroatoms. The number of hydrogen-bond donors (Lipinski definition) is 2. The molecule has 31 heavy (non-hydrogen) atoms. The predicted octanol–water partition coefficient (Wildman–Crippen LogP) is 4.92. The van der Waals surface area contributed by atoms with Crippen LogP contribution in [0.15, 0.2) is 36.4 Å². The summed E-state index contributed by atoms with van der Waals surface area (Å²) in [6.45, 7) is 10.8. The van der Waals surface area contributed by atoms with E-state index in [-0.39, 0.29) is 11.5 Å². The molecule has 166 valence electrons. The SMILES string of the molecule is CC(C)(C)OC(=O)c1cc(C#N)ccc1N.CC(C)(C)OC(=O)c1cc(I)ccc1N. The third-order valence-electron chi connectivity index (χ3n) is 3.44. The van der Waals surface area contributed by atoms with Crippen molar-refractivity contribution in [3.8, 4) is 6.07 Å². The van der Waals surface area contributed by atoms with Crippen LogP contribution < -0.4 is 11.5 Å². The molecule has 0 unspecified atom stereocenters. The van der Waals surface area contributed by atoms with Gasteiger partial charge in [-0.25, -0.2) is 9.59 Å². The highest BCUT2D eigenvalue weighted by Gasteiger charge is 2.20. The van der Waals surface area contributed by atoms with Crippen molar-refractivity contribution in [3.63, 3.8) is 0 Å². The standard InChI is InChI=1S/C12H14N2O2.C11H14INO2/c1-12(2,3)16-11(15)9-6-8(7-13)4-5-10(9)14;1-11(2,3)15-10(14)8-6-7(12)4-5-9(8)13/h4-6H,14H2,1-3H3;4-6H,13H2,1-3H3. The highest BCUT2D eigenvalue weighted by molar-refractivity contribution is 14.1. The summed E-state index contributed by atoms with van der Waals surface area (Å²) in [7, 11) is 0. The van der Waals surface area contributed by atoms with Gasteiger partial charge in [0.1, 0.15) is 11.2 Å². The van der Waals surface area contributed by atoms with Crippen LogP contribution in [-0.2, 0) is 9.47 Å².